The van der Waals surface area contributed by atoms with E-state index in [0.717, 1.165) is 38.4 Å². The first-order chi connectivity index (χ1) is 16.6. The highest BCUT2D eigenvalue weighted by Crippen LogP contribution is 2.25. The quantitative estimate of drug-likeness (QED) is 0.454. The average Bonchev–Trinajstić information content (AvgIpc) is 2.90. The number of hydrogen-bond acceptors (Lipinski definition) is 3. The van der Waals surface area contributed by atoms with Crippen molar-refractivity contribution in [3.05, 3.63) is 90.0 Å². The van der Waals surface area contributed by atoms with Crippen molar-refractivity contribution in [2.45, 2.75) is 19.4 Å². The molecule has 1 saturated heterocycles. The van der Waals surface area contributed by atoms with Crippen LogP contribution in [-0.4, -0.2) is 36.9 Å². The number of amides is 2. The van der Waals surface area contributed by atoms with Gasteiger partial charge in [0.05, 0.1) is 7.11 Å². The molecule has 0 saturated carbocycles. The Hall–Kier alpha value is -3.86. The van der Waals surface area contributed by atoms with Gasteiger partial charge in [-0.2, -0.15) is 0 Å². The third kappa shape index (κ3) is 4.46. The summed E-state index contributed by atoms with van der Waals surface area (Å²) in [6.45, 7) is 1.69. The minimum atomic E-state index is -0.0683. The molecule has 5 nitrogen and oxygen atoms in total. The van der Waals surface area contributed by atoms with Crippen molar-refractivity contribution in [1.82, 2.24) is 10.2 Å². The van der Waals surface area contributed by atoms with E-state index in [2.05, 4.69) is 17.4 Å². The monoisotopic (exact) mass is 452 g/mol. The molecule has 4 aromatic carbocycles. The number of nitrogens with zero attached hydrogens (tertiary/aromatic N) is 1. The summed E-state index contributed by atoms with van der Waals surface area (Å²) in [4.78, 5) is 27.9. The minimum absolute atomic E-state index is 0.0449. The molecule has 1 N–H and O–H groups in total. The van der Waals surface area contributed by atoms with Crippen molar-refractivity contribution < 1.29 is 14.3 Å². The van der Waals surface area contributed by atoms with Gasteiger partial charge < -0.3 is 15.0 Å². The molecule has 0 spiro atoms. The number of carbonyl (C=O) groups excluding carboxylic acids is 2. The molecule has 0 unspecified atom stereocenters. The molecular formula is C29H28N2O3. The van der Waals surface area contributed by atoms with E-state index in [9.17, 15) is 9.59 Å². The van der Waals surface area contributed by atoms with E-state index in [1.807, 2.05) is 71.6 Å². The zero-order valence-corrected chi connectivity index (χ0v) is 19.3. The number of nitrogens with one attached hydrogen (secondary N) is 1. The molecule has 2 amide bonds. The maximum absolute atomic E-state index is 13.2. The number of carbonyl (C=O) groups is 2. The number of likely N-dealkylation sites (tertiary alicyclic amines) is 1. The van der Waals surface area contributed by atoms with Crippen LogP contribution in [-0.2, 0) is 11.3 Å². The molecule has 0 bridgehead atoms. The van der Waals surface area contributed by atoms with Crippen LogP contribution < -0.4 is 10.1 Å². The molecule has 1 heterocycles. The second kappa shape index (κ2) is 9.56. The molecule has 172 valence electrons. The summed E-state index contributed by atoms with van der Waals surface area (Å²) >= 11 is 0. The van der Waals surface area contributed by atoms with E-state index in [-0.39, 0.29) is 17.7 Å². The van der Waals surface area contributed by atoms with E-state index in [1.54, 1.807) is 7.11 Å². The van der Waals surface area contributed by atoms with Gasteiger partial charge in [-0.15, -0.1) is 0 Å². The van der Waals surface area contributed by atoms with Crippen molar-refractivity contribution in [1.29, 1.82) is 0 Å². The second-order valence-electron chi connectivity index (χ2n) is 8.86. The van der Waals surface area contributed by atoms with Gasteiger partial charge in [-0.05, 0) is 64.2 Å². The second-order valence-corrected chi connectivity index (χ2v) is 8.86. The smallest absolute Gasteiger partial charge is 0.254 e. The van der Waals surface area contributed by atoms with Crippen LogP contribution >= 0.6 is 0 Å². The van der Waals surface area contributed by atoms with E-state index >= 15 is 0 Å². The van der Waals surface area contributed by atoms with Gasteiger partial charge in [0, 0.05) is 31.1 Å². The number of methoxy groups -OCH3 is 1. The van der Waals surface area contributed by atoms with Crippen molar-refractivity contribution in [3.8, 4) is 5.75 Å². The lowest BCUT2D eigenvalue weighted by atomic mass is 9.94. The summed E-state index contributed by atoms with van der Waals surface area (Å²) in [5.74, 6) is 0.871. The van der Waals surface area contributed by atoms with Crippen LogP contribution in [0.1, 0.15) is 28.8 Å². The molecule has 1 fully saturated rings. The fourth-order valence-corrected chi connectivity index (χ4v) is 4.77. The van der Waals surface area contributed by atoms with Crippen LogP contribution in [0.4, 0.5) is 0 Å². The predicted octanol–water partition coefficient (Wildman–Crippen LogP) is 5.17. The Balaban J connectivity index is 1.17. The highest BCUT2D eigenvalue weighted by atomic mass is 16.5. The van der Waals surface area contributed by atoms with Gasteiger partial charge in [0.15, 0.2) is 0 Å². The number of benzene rings is 4. The molecular weight excluding hydrogens is 424 g/mol. The van der Waals surface area contributed by atoms with Crippen molar-refractivity contribution in [2.75, 3.05) is 20.2 Å². The topological polar surface area (TPSA) is 58.6 Å². The van der Waals surface area contributed by atoms with Crippen LogP contribution in [0, 0.1) is 5.92 Å². The van der Waals surface area contributed by atoms with Gasteiger partial charge >= 0.3 is 0 Å². The number of hydrogen-bond donors (Lipinski definition) is 1. The normalized spacial score (nSPS) is 14.3. The maximum Gasteiger partial charge on any atom is 0.254 e. The molecule has 0 aliphatic carbocycles. The largest absolute Gasteiger partial charge is 0.497 e. The Kier molecular flexibility index (Phi) is 6.17. The Bertz CT molecular complexity index is 1350. The van der Waals surface area contributed by atoms with Crippen LogP contribution in [0.25, 0.3) is 21.5 Å². The first kappa shape index (κ1) is 22.0. The van der Waals surface area contributed by atoms with Gasteiger partial charge in [-0.25, -0.2) is 0 Å². The average molecular weight is 453 g/mol. The van der Waals surface area contributed by atoms with Crippen molar-refractivity contribution in [3.63, 3.8) is 0 Å². The van der Waals surface area contributed by atoms with E-state index in [1.165, 1.54) is 0 Å². The third-order valence-corrected chi connectivity index (χ3v) is 6.75. The van der Waals surface area contributed by atoms with E-state index in [0.29, 0.717) is 32.5 Å². The summed E-state index contributed by atoms with van der Waals surface area (Å²) < 4.78 is 5.28. The lowest BCUT2D eigenvalue weighted by Crippen LogP contribution is -2.43. The summed E-state index contributed by atoms with van der Waals surface area (Å²) in [5, 5.41) is 7.36. The number of fused-ring (bicyclic) bond motifs is 2. The number of ether oxygens (including phenoxy) is 1. The van der Waals surface area contributed by atoms with Crippen LogP contribution in [0.15, 0.2) is 78.9 Å². The number of rotatable bonds is 5. The van der Waals surface area contributed by atoms with E-state index in [4.69, 9.17) is 4.74 Å². The highest BCUT2D eigenvalue weighted by molar-refractivity contribution is 6.07. The molecule has 0 aromatic heterocycles. The summed E-state index contributed by atoms with van der Waals surface area (Å²) in [6, 6.07) is 26.0. The Morgan fingerprint density at radius 3 is 2.44 bits per heavy atom. The Morgan fingerprint density at radius 1 is 0.882 bits per heavy atom. The first-order valence-electron chi connectivity index (χ1n) is 11.7. The van der Waals surface area contributed by atoms with Gasteiger partial charge in [-0.3, -0.25) is 9.59 Å². The molecule has 1 aliphatic rings. The minimum Gasteiger partial charge on any atom is -0.497 e. The molecule has 1 aliphatic heterocycles. The summed E-state index contributed by atoms with van der Waals surface area (Å²) in [5.41, 5.74) is 1.80. The van der Waals surface area contributed by atoms with Crippen molar-refractivity contribution >= 4 is 33.4 Å². The zero-order valence-electron chi connectivity index (χ0n) is 19.3. The molecule has 4 aromatic rings. The maximum atomic E-state index is 13.2. The lowest BCUT2D eigenvalue weighted by Gasteiger charge is -2.31. The molecule has 0 atom stereocenters. The Labute approximate surface area is 199 Å². The van der Waals surface area contributed by atoms with Crippen molar-refractivity contribution in [2.24, 2.45) is 5.92 Å². The summed E-state index contributed by atoms with van der Waals surface area (Å²) in [6.07, 6.45) is 1.36. The predicted molar refractivity (Wildman–Crippen MR) is 135 cm³/mol. The first-order valence-corrected chi connectivity index (χ1v) is 11.7. The molecule has 5 heteroatoms. The third-order valence-electron chi connectivity index (χ3n) is 6.75. The number of piperidine rings is 1. The van der Waals surface area contributed by atoms with Gasteiger partial charge in [-0.1, -0.05) is 54.6 Å². The fraction of sp³-hybridized carbons (Fsp3) is 0.241. The van der Waals surface area contributed by atoms with Gasteiger partial charge in [0.1, 0.15) is 5.75 Å². The van der Waals surface area contributed by atoms with Gasteiger partial charge in [0.25, 0.3) is 5.91 Å². The van der Waals surface area contributed by atoms with Crippen LogP contribution in [0.3, 0.4) is 0 Å². The molecule has 0 radical (unpaired) electrons. The van der Waals surface area contributed by atoms with Crippen LogP contribution in [0.2, 0.25) is 0 Å². The molecule has 5 rings (SSSR count). The standard InChI is InChI=1S/C29H28N2O3/c1-34-25-12-11-23-17-20(9-10-24(23)18-25)19-30-28(32)22-13-15-31(16-14-22)29(33)27-8-4-6-21-5-2-3-7-26(21)27/h2-12,17-18,22H,13-16,19H2,1H3,(H,30,32). The SMILES string of the molecule is COc1ccc2cc(CNC(=O)C3CCN(C(=O)c4cccc5ccccc45)CC3)ccc2c1. The highest BCUT2D eigenvalue weighted by Gasteiger charge is 2.28. The van der Waals surface area contributed by atoms with Crippen LogP contribution in [0.5, 0.6) is 5.75 Å². The molecule has 34 heavy (non-hydrogen) atoms. The zero-order chi connectivity index (χ0) is 23.5. The lowest BCUT2D eigenvalue weighted by molar-refractivity contribution is -0.126. The summed E-state index contributed by atoms with van der Waals surface area (Å²) in [7, 11) is 1.66. The fourth-order valence-electron chi connectivity index (χ4n) is 4.77. The van der Waals surface area contributed by atoms with Gasteiger partial charge in [0.2, 0.25) is 5.91 Å². The van der Waals surface area contributed by atoms with E-state index < -0.39 is 0 Å². The Morgan fingerprint density at radius 2 is 1.62 bits per heavy atom.